The van der Waals surface area contributed by atoms with Crippen molar-refractivity contribution in [3.63, 3.8) is 0 Å². The molecule has 1 aliphatic carbocycles. The number of aliphatic hydroxyl groups excluding tert-OH is 1. The molecule has 2 atom stereocenters. The van der Waals surface area contributed by atoms with Gasteiger partial charge in [0.25, 0.3) is 5.91 Å². The molecule has 2 N–H and O–H groups in total. The minimum atomic E-state index is -0.0211. The quantitative estimate of drug-likeness (QED) is 0.856. The number of amides is 1. The molecule has 1 amide bonds. The molecule has 1 aromatic rings. The van der Waals surface area contributed by atoms with E-state index in [1.165, 1.54) is 0 Å². The molecule has 0 radical (unpaired) electrons. The fourth-order valence-electron chi connectivity index (χ4n) is 2.75. The molecule has 0 saturated heterocycles. The van der Waals surface area contributed by atoms with Crippen LogP contribution in [0, 0.1) is 5.92 Å². The first kappa shape index (κ1) is 13.1. The van der Waals surface area contributed by atoms with Gasteiger partial charge in [-0.1, -0.05) is 12.8 Å². The van der Waals surface area contributed by atoms with Gasteiger partial charge in [0.15, 0.2) is 0 Å². The number of carbonyl (C=O) groups is 1. The zero-order chi connectivity index (χ0) is 13.0. The monoisotopic (exact) mass is 250 g/mol. The van der Waals surface area contributed by atoms with Gasteiger partial charge in [-0.3, -0.25) is 4.79 Å². The van der Waals surface area contributed by atoms with E-state index >= 15 is 0 Å². The number of aromatic nitrogens is 1. The van der Waals surface area contributed by atoms with Gasteiger partial charge in [-0.2, -0.15) is 0 Å². The Hall–Kier alpha value is -1.29. The Bertz CT molecular complexity index is 400. The Balaban J connectivity index is 2.02. The lowest BCUT2D eigenvalue weighted by molar-refractivity contribution is 0.0863. The molecule has 0 aromatic carbocycles. The maximum Gasteiger partial charge on any atom is 0.268 e. The average molecular weight is 250 g/mol. The van der Waals surface area contributed by atoms with Gasteiger partial charge in [0.05, 0.1) is 0 Å². The second kappa shape index (κ2) is 6.05. The van der Waals surface area contributed by atoms with Crippen LogP contribution in [0.15, 0.2) is 18.3 Å². The normalized spacial score (nSPS) is 23.9. The molecule has 2 unspecified atom stereocenters. The van der Waals surface area contributed by atoms with E-state index in [1.807, 2.05) is 29.8 Å². The first-order valence-electron chi connectivity index (χ1n) is 6.83. The molecule has 0 bridgehead atoms. The van der Waals surface area contributed by atoms with E-state index < -0.39 is 0 Å². The molecule has 0 aliphatic heterocycles. The van der Waals surface area contributed by atoms with Crippen LogP contribution in [0.5, 0.6) is 0 Å². The van der Waals surface area contributed by atoms with E-state index in [0.717, 1.165) is 32.2 Å². The Morgan fingerprint density at radius 3 is 3.00 bits per heavy atom. The number of carbonyl (C=O) groups excluding carboxylic acids is 1. The van der Waals surface area contributed by atoms with Crippen LogP contribution in [0.2, 0.25) is 0 Å². The Morgan fingerprint density at radius 1 is 1.50 bits per heavy atom. The van der Waals surface area contributed by atoms with Crippen LogP contribution in [-0.2, 0) is 6.54 Å². The Kier molecular flexibility index (Phi) is 4.42. The van der Waals surface area contributed by atoms with Gasteiger partial charge in [0, 0.05) is 31.3 Å². The third-order valence-electron chi connectivity index (χ3n) is 3.86. The number of nitrogens with one attached hydrogen (secondary N) is 1. The van der Waals surface area contributed by atoms with Gasteiger partial charge in [0.2, 0.25) is 0 Å². The summed E-state index contributed by atoms with van der Waals surface area (Å²) in [5.41, 5.74) is 0.708. The summed E-state index contributed by atoms with van der Waals surface area (Å²) in [6, 6.07) is 3.86. The second-order valence-corrected chi connectivity index (χ2v) is 4.99. The zero-order valence-electron chi connectivity index (χ0n) is 10.9. The number of hydrogen-bond donors (Lipinski definition) is 2. The molecular weight excluding hydrogens is 228 g/mol. The van der Waals surface area contributed by atoms with Gasteiger partial charge in [-0.05, 0) is 31.9 Å². The van der Waals surface area contributed by atoms with Gasteiger partial charge in [-0.25, -0.2) is 0 Å². The molecule has 1 heterocycles. The van der Waals surface area contributed by atoms with Crippen molar-refractivity contribution in [3.8, 4) is 0 Å². The van der Waals surface area contributed by atoms with Crippen molar-refractivity contribution in [2.24, 2.45) is 5.92 Å². The van der Waals surface area contributed by atoms with Crippen molar-refractivity contribution in [2.45, 2.75) is 45.2 Å². The minimum absolute atomic E-state index is 0.0211. The highest BCUT2D eigenvalue weighted by atomic mass is 16.3. The van der Waals surface area contributed by atoms with Crippen molar-refractivity contribution in [2.75, 3.05) is 6.61 Å². The molecule has 100 valence electrons. The molecule has 4 heteroatoms. The first-order chi connectivity index (χ1) is 8.76. The fraction of sp³-hybridized carbons (Fsp3) is 0.643. The lowest BCUT2D eigenvalue weighted by Gasteiger charge is -2.30. The van der Waals surface area contributed by atoms with Crippen LogP contribution in [-0.4, -0.2) is 28.2 Å². The number of hydrogen-bond acceptors (Lipinski definition) is 2. The van der Waals surface area contributed by atoms with Crippen LogP contribution in [0.3, 0.4) is 0 Å². The summed E-state index contributed by atoms with van der Waals surface area (Å²) in [5.74, 6) is 0.194. The van der Waals surface area contributed by atoms with Crippen molar-refractivity contribution in [1.29, 1.82) is 0 Å². The van der Waals surface area contributed by atoms with Gasteiger partial charge in [0.1, 0.15) is 5.69 Å². The lowest BCUT2D eigenvalue weighted by Crippen LogP contribution is -2.43. The Labute approximate surface area is 108 Å². The van der Waals surface area contributed by atoms with E-state index in [4.69, 9.17) is 0 Å². The standard InChI is InChI=1S/C14H22N2O2/c1-2-16-9-5-8-13(16)14(18)15-12-7-4-3-6-11(12)10-17/h5,8-9,11-12,17H,2-4,6-7,10H2,1H3,(H,15,18). The number of aryl methyl sites for hydroxylation is 1. The molecule has 1 fully saturated rings. The largest absolute Gasteiger partial charge is 0.396 e. The van der Waals surface area contributed by atoms with Gasteiger partial charge < -0.3 is 15.0 Å². The van der Waals surface area contributed by atoms with E-state index in [2.05, 4.69) is 5.32 Å². The van der Waals surface area contributed by atoms with E-state index in [9.17, 15) is 9.90 Å². The highest BCUT2D eigenvalue weighted by molar-refractivity contribution is 5.92. The van der Waals surface area contributed by atoms with Crippen LogP contribution in [0.25, 0.3) is 0 Å². The van der Waals surface area contributed by atoms with E-state index in [0.29, 0.717) is 5.69 Å². The summed E-state index contributed by atoms with van der Waals surface area (Å²) >= 11 is 0. The maximum atomic E-state index is 12.2. The molecule has 0 spiro atoms. The van der Waals surface area contributed by atoms with Gasteiger partial charge in [-0.15, -0.1) is 0 Å². The molecule has 4 nitrogen and oxygen atoms in total. The SMILES string of the molecule is CCn1cccc1C(=O)NC1CCCCC1CO. The third-order valence-corrected chi connectivity index (χ3v) is 3.86. The fourth-order valence-corrected chi connectivity index (χ4v) is 2.75. The van der Waals surface area contributed by atoms with Crippen molar-refractivity contribution < 1.29 is 9.90 Å². The van der Waals surface area contributed by atoms with Crippen LogP contribution in [0.1, 0.15) is 43.1 Å². The summed E-state index contributed by atoms with van der Waals surface area (Å²) in [4.78, 5) is 12.2. The topological polar surface area (TPSA) is 54.3 Å². The number of aliphatic hydroxyl groups is 1. The predicted octanol–water partition coefficient (Wildman–Crippen LogP) is 1.79. The smallest absolute Gasteiger partial charge is 0.268 e. The summed E-state index contributed by atoms with van der Waals surface area (Å²) in [5, 5.41) is 12.4. The molecule has 1 aliphatic rings. The summed E-state index contributed by atoms with van der Waals surface area (Å²) in [6.07, 6.45) is 6.19. The summed E-state index contributed by atoms with van der Waals surface area (Å²) in [7, 11) is 0. The highest BCUT2D eigenvalue weighted by Crippen LogP contribution is 2.24. The predicted molar refractivity (Wildman–Crippen MR) is 70.4 cm³/mol. The van der Waals surface area contributed by atoms with Crippen molar-refractivity contribution in [3.05, 3.63) is 24.0 Å². The van der Waals surface area contributed by atoms with Crippen molar-refractivity contribution >= 4 is 5.91 Å². The molecule has 2 rings (SSSR count). The van der Waals surface area contributed by atoms with Gasteiger partial charge >= 0.3 is 0 Å². The van der Waals surface area contributed by atoms with Crippen LogP contribution < -0.4 is 5.32 Å². The van der Waals surface area contributed by atoms with E-state index in [-0.39, 0.29) is 24.5 Å². The molecule has 1 aromatic heterocycles. The molecule has 18 heavy (non-hydrogen) atoms. The number of nitrogens with zero attached hydrogens (tertiary/aromatic N) is 1. The Morgan fingerprint density at radius 2 is 2.28 bits per heavy atom. The van der Waals surface area contributed by atoms with E-state index in [1.54, 1.807) is 0 Å². The van der Waals surface area contributed by atoms with Crippen LogP contribution >= 0.6 is 0 Å². The second-order valence-electron chi connectivity index (χ2n) is 4.99. The molecular formula is C14H22N2O2. The maximum absolute atomic E-state index is 12.2. The van der Waals surface area contributed by atoms with Crippen molar-refractivity contribution in [1.82, 2.24) is 9.88 Å². The first-order valence-corrected chi connectivity index (χ1v) is 6.83. The molecule has 1 saturated carbocycles. The third kappa shape index (κ3) is 2.75. The summed E-state index contributed by atoms with van der Waals surface area (Å²) < 4.78 is 1.94. The minimum Gasteiger partial charge on any atom is -0.396 e. The average Bonchev–Trinajstić information content (AvgIpc) is 2.87. The number of rotatable bonds is 4. The lowest BCUT2D eigenvalue weighted by atomic mass is 9.85. The van der Waals surface area contributed by atoms with Crippen LogP contribution in [0.4, 0.5) is 0 Å². The zero-order valence-corrected chi connectivity index (χ0v) is 10.9. The highest BCUT2D eigenvalue weighted by Gasteiger charge is 2.26. The summed E-state index contributed by atoms with van der Waals surface area (Å²) in [6.45, 7) is 2.98.